The average Bonchev–Trinajstić information content (AvgIpc) is 3.09. The maximum absolute atomic E-state index is 12.3. The van der Waals surface area contributed by atoms with Crippen LogP contribution in [0.25, 0.3) is 0 Å². The fraction of sp³-hybridized carbons (Fsp3) is 0.500. The fourth-order valence-corrected chi connectivity index (χ4v) is 4.97. The van der Waals surface area contributed by atoms with Crippen molar-refractivity contribution >= 4 is 25.8 Å². The summed E-state index contributed by atoms with van der Waals surface area (Å²) in [7, 11) is -1.77. The lowest BCUT2D eigenvalue weighted by Gasteiger charge is -2.14. The lowest BCUT2D eigenvalue weighted by molar-refractivity contribution is 0.402. The van der Waals surface area contributed by atoms with Crippen molar-refractivity contribution in [1.29, 1.82) is 0 Å². The molecule has 5 heteroatoms. The van der Waals surface area contributed by atoms with Crippen LogP contribution in [0.15, 0.2) is 29.2 Å². The smallest absolute Gasteiger partial charge is 0.182 e. The van der Waals surface area contributed by atoms with Crippen LogP contribution in [0.5, 0.6) is 5.75 Å². The van der Waals surface area contributed by atoms with E-state index in [0.29, 0.717) is 10.6 Å². The van der Waals surface area contributed by atoms with Gasteiger partial charge in [-0.3, -0.25) is 0 Å². The van der Waals surface area contributed by atoms with Crippen molar-refractivity contribution in [3.63, 3.8) is 0 Å². The summed E-state index contributed by atoms with van der Waals surface area (Å²) in [5.41, 5.74) is -0.0559. The van der Waals surface area contributed by atoms with Gasteiger partial charge in [-0.15, -0.1) is 0 Å². The van der Waals surface area contributed by atoms with Gasteiger partial charge in [-0.05, 0) is 30.4 Å². The minimum atomic E-state index is -3.27. The van der Waals surface area contributed by atoms with Gasteiger partial charge in [0.05, 0.1) is 12.9 Å². The first-order chi connectivity index (χ1) is 8.03. The molecule has 1 fully saturated rings. The molecule has 0 amide bonds. The molecule has 94 valence electrons. The Kier molecular flexibility index (Phi) is 3.50. The summed E-state index contributed by atoms with van der Waals surface area (Å²) >= 11 is 3.40. The molecule has 0 radical (unpaired) electrons. The number of sulfone groups is 1. The van der Waals surface area contributed by atoms with Crippen molar-refractivity contribution in [3.8, 4) is 5.75 Å². The molecule has 0 aliphatic heterocycles. The molecule has 0 unspecified atom stereocenters. The van der Waals surface area contributed by atoms with Gasteiger partial charge in [-0.1, -0.05) is 28.1 Å². The zero-order valence-corrected chi connectivity index (χ0v) is 12.1. The molecular weight excluding hydrogens is 304 g/mol. The van der Waals surface area contributed by atoms with Crippen LogP contribution in [0.2, 0.25) is 0 Å². The first-order valence-electron chi connectivity index (χ1n) is 5.45. The summed E-state index contributed by atoms with van der Waals surface area (Å²) in [6, 6.07) is 6.79. The Morgan fingerprint density at radius 2 is 2.00 bits per heavy atom. The largest absolute Gasteiger partial charge is 0.495 e. The molecular formula is C12H15BrO3S. The maximum Gasteiger partial charge on any atom is 0.182 e. The number of para-hydroxylation sites is 1. The normalized spacial score (nSPS) is 17.8. The summed E-state index contributed by atoms with van der Waals surface area (Å²) in [5.74, 6) is 0.629. The Hall–Kier alpha value is -0.550. The molecule has 1 aromatic rings. The summed E-state index contributed by atoms with van der Waals surface area (Å²) in [6.07, 6.45) is 1.96. The molecule has 0 spiro atoms. The molecule has 3 nitrogen and oxygen atoms in total. The average molecular weight is 319 g/mol. The van der Waals surface area contributed by atoms with Crippen molar-refractivity contribution in [2.75, 3.05) is 18.2 Å². The second-order valence-corrected chi connectivity index (χ2v) is 7.06. The Morgan fingerprint density at radius 3 is 2.53 bits per heavy atom. The van der Waals surface area contributed by atoms with E-state index >= 15 is 0 Å². The quantitative estimate of drug-likeness (QED) is 0.784. The number of benzene rings is 1. The highest BCUT2D eigenvalue weighted by Crippen LogP contribution is 2.49. The van der Waals surface area contributed by atoms with E-state index in [1.807, 2.05) is 0 Å². The van der Waals surface area contributed by atoms with Gasteiger partial charge < -0.3 is 4.74 Å². The van der Waals surface area contributed by atoms with Gasteiger partial charge in [0.1, 0.15) is 10.6 Å². The van der Waals surface area contributed by atoms with E-state index in [1.54, 1.807) is 24.3 Å². The van der Waals surface area contributed by atoms with Crippen LogP contribution >= 0.6 is 15.9 Å². The van der Waals surface area contributed by atoms with E-state index in [-0.39, 0.29) is 11.2 Å². The Labute approximate surface area is 110 Å². The molecule has 17 heavy (non-hydrogen) atoms. The van der Waals surface area contributed by atoms with Crippen LogP contribution < -0.4 is 4.74 Å². The molecule has 2 rings (SSSR count). The van der Waals surface area contributed by atoms with Crippen LogP contribution in [0.3, 0.4) is 0 Å². The van der Waals surface area contributed by atoms with E-state index < -0.39 is 9.84 Å². The molecule has 0 bridgehead atoms. The molecule has 1 aliphatic rings. The Morgan fingerprint density at radius 1 is 1.35 bits per heavy atom. The van der Waals surface area contributed by atoms with Gasteiger partial charge in [-0.2, -0.15) is 0 Å². The summed E-state index contributed by atoms with van der Waals surface area (Å²) in [6.45, 7) is 0. The molecule has 0 heterocycles. The first-order valence-corrected chi connectivity index (χ1v) is 8.22. The van der Waals surface area contributed by atoms with Gasteiger partial charge in [-0.25, -0.2) is 8.42 Å². The summed E-state index contributed by atoms with van der Waals surface area (Å²) in [5, 5.41) is 0.744. The molecule has 0 atom stereocenters. The Balaban J connectivity index is 2.32. The SMILES string of the molecule is COc1ccccc1S(=O)(=O)CC1(CBr)CC1. The van der Waals surface area contributed by atoms with E-state index in [0.717, 1.165) is 18.2 Å². The van der Waals surface area contributed by atoms with E-state index in [2.05, 4.69) is 15.9 Å². The van der Waals surface area contributed by atoms with Crippen LogP contribution in [-0.4, -0.2) is 26.6 Å². The Bertz CT molecular complexity index is 506. The van der Waals surface area contributed by atoms with Gasteiger partial charge in [0, 0.05) is 5.33 Å². The van der Waals surface area contributed by atoms with Crippen molar-refractivity contribution in [2.24, 2.45) is 5.41 Å². The van der Waals surface area contributed by atoms with Crippen LogP contribution in [0, 0.1) is 5.41 Å². The van der Waals surface area contributed by atoms with Crippen molar-refractivity contribution in [2.45, 2.75) is 17.7 Å². The number of ether oxygens (including phenoxy) is 1. The van der Waals surface area contributed by atoms with E-state index in [4.69, 9.17) is 4.74 Å². The lowest BCUT2D eigenvalue weighted by Crippen LogP contribution is -2.19. The standard InChI is InChI=1S/C12H15BrO3S/c1-16-10-4-2-3-5-11(10)17(14,15)9-12(8-13)6-7-12/h2-5H,6-9H2,1H3. The van der Waals surface area contributed by atoms with Gasteiger partial charge in [0.2, 0.25) is 0 Å². The van der Waals surface area contributed by atoms with Crippen LogP contribution in [0.1, 0.15) is 12.8 Å². The fourth-order valence-electron chi connectivity index (χ4n) is 1.85. The highest BCUT2D eigenvalue weighted by molar-refractivity contribution is 9.09. The van der Waals surface area contributed by atoms with Crippen molar-refractivity contribution < 1.29 is 13.2 Å². The third-order valence-corrected chi connectivity index (χ3v) is 6.33. The van der Waals surface area contributed by atoms with Crippen LogP contribution in [-0.2, 0) is 9.84 Å². The minimum absolute atomic E-state index is 0.0559. The molecule has 0 saturated heterocycles. The second kappa shape index (κ2) is 4.61. The monoisotopic (exact) mass is 318 g/mol. The summed E-state index contributed by atoms with van der Waals surface area (Å²) in [4.78, 5) is 0.301. The van der Waals surface area contributed by atoms with Gasteiger partial charge in [0.25, 0.3) is 0 Å². The zero-order valence-electron chi connectivity index (χ0n) is 9.65. The zero-order chi connectivity index (χ0) is 12.5. The second-order valence-electron chi connectivity index (χ2n) is 4.54. The van der Waals surface area contributed by atoms with Crippen molar-refractivity contribution in [1.82, 2.24) is 0 Å². The summed E-state index contributed by atoms with van der Waals surface area (Å²) < 4.78 is 29.8. The highest BCUT2D eigenvalue weighted by atomic mass is 79.9. The number of rotatable bonds is 5. The molecule has 1 aliphatic carbocycles. The maximum atomic E-state index is 12.3. The topological polar surface area (TPSA) is 43.4 Å². The van der Waals surface area contributed by atoms with Gasteiger partial charge >= 0.3 is 0 Å². The van der Waals surface area contributed by atoms with E-state index in [1.165, 1.54) is 7.11 Å². The number of hydrogen-bond acceptors (Lipinski definition) is 3. The third-order valence-electron chi connectivity index (χ3n) is 3.14. The molecule has 0 aromatic heterocycles. The first kappa shape index (κ1) is 12.9. The predicted molar refractivity (Wildman–Crippen MR) is 70.5 cm³/mol. The third kappa shape index (κ3) is 2.65. The van der Waals surface area contributed by atoms with Crippen molar-refractivity contribution in [3.05, 3.63) is 24.3 Å². The molecule has 1 aromatic carbocycles. The number of methoxy groups -OCH3 is 1. The number of alkyl halides is 1. The lowest BCUT2D eigenvalue weighted by atomic mass is 10.2. The molecule has 1 saturated carbocycles. The highest BCUT2D eigenvalue weighted by Gasteiger charge is 2.45. The number of halogens is 1. The van der Waals surface area contributed by atoms with Crippen LogP contribution in [0.4, 0.5) is 0 Å². The number of hydrogen-bond donors (Lipinski definition) is 0. The van der Waals surface area contributed by atoms with Gasteiger partial charge in [0.15, 0.2) is 9.84 Å². The molecule has 0 N–H and O–H groups in total. The minimum Gasteiger partial charge on any atom is -0.495 e. The predicted octanol–water partition coefficient (Wildman–Crippen LogP) is 2.64. The van der Waals surface area contributed by atoms with E-state index in [9.17, 15) is 8.42 Å².